The molecule has 0 spiro atoms. The SMILES string of the molecule is CC(C)(C)OC(=O)N1CC2C(CN3CCN(CC4CCN(c5ccc6c(c5)C(=O)N(C5CCC(=O)NC5=O)C6=O)CC4)CC3)C2C1. The van der Waals surface area contributed by atoms with E-state index in [0.29, 0.717) is 34.8 Å². The van der Waals surface area contributed by atoms with Crippen LogP contribution in [0.1, 0.15) is 67.2 Å². The molecule has 5 heterocycles. The fourth-order valence-electron chi connectivity index (χ4n) is 8.24. The molecule has 1 aromatic carbocycles. The molecule has 0 radical (unpaired) electrons. The van der Waals surface area contributed by atoms with Crippen LogP contribution in [0.5, 0.6) is 0 Å². The number of amides is 5. The van der Waals surface area contributed by atoms with E-state index in [1.807, 2.05) is 31.7 Å². The molecule has 248 valence electrons. The van der Waals surface area contributed by atoms with Crippen LogP contribution in [0.25, 0.3) is 0 Å². The van der Waals surface area contributed by atoms with Crippen LogP contribution < -0.4 is 10.2 Å². The summed E-state index contributed by atoms with van der Waals surface area (Å²) in [5.74, 6) is 0.703. The van der Waals surface area contributed by atoms with Crippen LogP contribution in [0.2, 0.25) is 0 Å². The molecule has 6 aliphatic rings. The first-order chi connectivity index (χ1) is 21.9. The van der Waals surface area contributed by atoms with E-state index in [2.05, 4.69) is 20.0 Å². The molecule has 46 heavy (non-hydrogen) atoms. The number of nitrogens with one attached hydrogen (secondary N) is 1. The lowest BCUT2D eigenvalue weighted by Crippen LogP contribution is -2.54. The maximum atomic E-state index is 13.3. The zero-order valence-electron chi connectivity index (χ0n) is 27.2. The monoisotopic (exact) mass is 634 g/mol. The van der Waals surface area contributed by atoms with Crippen molar-refractivity contribution in [3.63, 3.8) is 0 Å². The number of ether oxygens (including phenoxy) is 1. The van der Waals surface area contributed by atoms with Gasteiger partial charge in [-0.1, -0.05) is 0 Å². The summed E-state index contributed by atoms with van der Waals surface area (Å²) in [5, 5.41) is 2.25. The molecule has 1 N–H and O–H groups in total. The fraction of sp³-hybridized carbons (Fsp3) is 0.676. The number of rotatable bonds is 6. The van der Waals surface area contributed by atoms with Gasteiger partial charge >= 0.3 is 6.09 Å². The van der Waals surface area contributed by atoms with E-state index in [-0.39, 0.29) is 24.8 Å². The molecular formula is C34H46N6O6. The topological polar surface area (TPSA) is 123 Å². The van der Waals surface area contributed by atoms with Crippen LogP contribution in [0, 0.1) is 23.7 Å². The van der Waals surface area contributed by atoms with Gasteiger partial charge in [0.2, 0.25) is 11.8 Å². The van der Waals surface area contributed by atoms with Gasteiger partial charge in [0.15, 0.2) is 0 Å². The molecule has 1 saturated carbocycles. The molecule has 5 fully saturated rings. The van der Waals surface area contributed by atoms with Gasteiger partial charge in [-0.3, -0.25) is 29.4 Å². The number of carbonyl (C=O) groups excluding carboxylic acids is 5. The smallest absolute Gasteiger partial charge is 0.410 e. The van der Waals surface area contributed by atoms with Crippen molar-refractivity contribution in [2.24, 2.45) is 23.7 Å². The van der Waals surface area contributed by atoms with Crippen LogP contribution in [0.4, 0.5) is 10.5 Å². The quantitative estimate of drug-likeness (QED) is 0.469. The van der Waals surface area contributed by atoms with E-state index in [1.165, 1.54) is 0 Å². The van der Waals surface area contributed by atoms with Crippen LogP contribution >= 0.6 is 0 Å². The lowest BCUT2D eigenvalue weighted by molar-refractivity contribution is -0.136. The largest absolute Gasteiger partial charge is 0.444 e. The van der Waals surface area contributed by atoms with Crippen molar-refractivity contribution in [3.8, 4) is 0 Å². The maximum Gasteiger partial charge on any atom is 0.410 e. The summed E-state index contributed by atoms with van der Waals surface area (Å²) in [4.78, 5) is 73.1. The molecule has 5 aliphatic heterocycles. The van der Waals surface area contributed by atoms with Gasteiger partial charge in [0.05, 0.1) is 11.1 Å². The van der Waals surface area contributed by atoms with E-state index in [1.54, 1.807) is 12.1 Å². The average Bonchev–Trinajstić information content (AvgIpc) is 3.32. The van der Waals surface area contributed by atoms with Crippen molar-refractivity contribution in [2.45, 2.75) is 58.1 Å². The Bertz CT molecular complexity index is 1410. The highest BCUT2D eigenvalue weighted by atomic mass is 16.6. The number of likely N-dealkylation sites (tertiary alicyclic amines) is 1. The summed E-state index contributed by atoms with van der Waals surface area (Å²) in [6.07, 6.45) is 2.25. The Hall–Kier alpha value is -3.51. The van der Waals surface area contributed by atoms with Gasteiger partial charge < -0.3 is 24.3 Å². The van der Waals surface area contributed by atoms with E-state index in [9.17, 15) is 24.0 Å². The van der Waals surface area contributed by atoms with Gasteiger partial charge in [-0.2, -0.15) is 0 Å². The molecule has 12 nitrogen and oxygen atoms in total. The van der Waals surface area contributed by atoms with Crippen molar-refractivity contribution >= 4 is 35.4 Å². The van der Waals surface area contributed by atoms with Gasteiger partial charge in [-0.25, -0.2) is 4.79 Å². The molecule has 1 aromatic rings. The van der Waals surface area contributed by atoms with Gasteiger partial charge in [0, 0.05) is 77.6 Å². The van der Waals surface area contributed by atoms with Gasteiger partial charge in [-0.05, 0) is 81.9 Å². The zero-order chi connectivity index (χ0) is 32.3. The van der Waals surface area contributed by atoms with E-state index in [4.69, 9.17) is 4.74 Å². The summed E-state index contributed by atoms with van der Waals surface area (Å²) >= 11 is 0. The summed E-state index contributed by atoms with van der Waals surface area (Å²) in [5.41, 5.74) is 1.14. The molecule has 3 atom stereocenters. The first kappa shape index (κ1) is 31.1. The van der Waals surface area contributed by atoms with Crippen LogP contribution in [0.15, 0.2) is 18.2 Å². The predicted molar refractivity (Wildman–Crippen MR) is 169 cm³/mol. The van der Waals surface area contributed by atoms with Gasteiger partial charge in [0.1, 0.15) is 11.6 Å². The third kappa shape index (κ3) is 6.13. The highest BCUT2D eigenvalue weighted by Gasteiger charge is 2.57. The van der Waals surface area contributed by atoms with E-state index >= 15 is 0 Å². The Morgan fingerprint density at radius 1 is 0.848 bits per heavy atom. The van der Waals surface area contributed by atoms with Crippen LogP contribution in [-0.4, -0.2) is 126 Å². The first-order valence-electron chi connectivity index (χ1n) is 17.0. The number of carbonyl (C=O) groups is 5. The number of nitrogens with zero attached hydrogens (tertiary/aromatic N) is 5. The third-order valence-corrected chi connectivity index (χ3v) is 10.9. The normalized spacial score (nSPS) is 29.2. The van der Waals surface area contributed by atoms with Crippen molar-refractivity contribution in [1.82, 2.24) is 24.9 Å². The van der Waals surface area contributed by atoms with E-state index < -0.39 is 29.4 Å². The lowest BCUT2D eigenvalue weighted by Gasteiger charge is -2.39. The molecule has 3 unspecified atom stereocenters. The fourth-order valence-corrected chi connectivity index (χ4v) is 8.24. The number of fused-ring (bicyclic) bond motifs is 2. The minimum Gasteiger partial charge on any atom is -0.444 e. The molecule has 0 bridgehead atoms. The highest BCUT2D eigenvalue weighted by molar-refractivity contribution is 6.23. The number of benzene rings is 1. The maximum absolute atomic E-state index is 13.3. The Morgan fingerprint density at radius 2 is 1.48 bits per heavy atom. The zero-order valence-corrected chi connectivity index (χ0v) is 27.2. The Balaban J connectivity index is 0.839. The van der Waals surface area contributed by atoms with E-state index in [0.717, 1.165) is 88.9 Å². The minimum absolute atomic E-state index is 0.110. The molecule has 0 aromatic heterocycles. The second-order valence-corrected chi connectivity index (χ2v) is 15.1. The van der Waals surface area contributed by atoms with Gasteiger partial charge in [0.25, 0.3) is 11.8 Å². The van der Waals surface area contributed by atoms with Crippen LogP contribution in [0.3, 0.4) is 0 Å². The molecule has 12 heteroatoms. The van der Waals surface area contributed by atoms with Crippen molar-refractivity contribution in [1.29, 1.82) is 0 Å². The van der Waals surface area contributed by atoms with Crippen molar-refractivity contribution in [2.75, 3.05) is 70.3 Å². The molecule has 4 saturated heterocycles. The van der Waals surface area contributed by atoms with Crippen molar-refractivity contribution < 1.29 is 28.7 Å². The minimum atomic E-state index is -0.948. The number of piperidine rings is 3. The molecule has 5 amide bonds. The number of piperazine rings is 1. The number of hydrogen-bond acceptors (Lipinski definition) is 9. The number of anilines is 1. The number of hydrogen-bond donors (Lipinski definition) is 1. The Kier molecular flexibility index (Phi) is 8.07. The number of imide groups is 2. The van der Waals surface area contributed by atoms with Crippen LogP contribution in [-0.2, 0) is 14.3 Å². The molecule has 7 rings (SSSR count). The van der Waals surface area contributed by atoms with Crippen molar-refractivity contribution in [3.05, 3.63) is 29.3 Å². The second-order valence-electron chi connectivity index (χ2n) is 15.1. The molecule has 1 aliphatic carbocycles. The summed E-state index contributed by atoms with van der Waals surface area (Å²) in [7, 11) is 0. The Labute approximate surface area is 270 Å². The highest BCUT2D eigenvalue weighted by Crippen LogP contribution is 2.52. The second kappa shape index (κ2) is 11.9. The summed E-state index contributed by atoms with van der Waals surface area (Å²) in [6, 6.07) is 4.45. The average molecular weight is 635 g/mol. The first-order valence-corrected chi connectivity index (χ1v) is 17.0. The lowest BCUT2D eigenvalue weighted by atomic mass is 9.95. The Morgan fingerprint density at radius 3 is 2.11 bits per heavy atom. The summed E-state index contributed by atoms with van der Waals surface area (Å²) in [6.45, 7) is 15.9. The summed E-state index contributed by atoms with van der Waals surface area (Å²) < 4.78 is 5.55. The third-order valence-electron chi connectivity index (χ3n) is 10.9. The van der Waals surface area contributed by atoms with Gasteiger partial charge in [-0.15, -0.1) is 0 Å². The molecular weight excluding hydrogens is 588 g/mol. The predicted octanol–water partition coefficient (Wildman–Crippen LogP) is 2.03. The standard InChI is InChI=1S/C34H46N6O6/c1-34(2,3)46-33(45)39-19-26-25(27(26)20-39)18-37-14-12-36(13-15-37)17-21-8-10-38(11-9-21)22-4-5-23-24(16-22)32(44)40(31(23)43)28-6-7-29(41)35-30(28)42/h4-5,16,21,25-28H,6-15,17-20H2,1-3H3,(H,35,41,42).